The monoisotopic (exact) mass is 334 g/mol. The molecule has 5 heteroatoms. The van der Waals surface area contributed by atoms with Crippen LogP contribution >= 0.6 is 11.6 Å². The number of benzene rings is 1. The molecule has 2 fully saturated rings. The summed E-state index contributed by atoms with van der Waals surface area (Å²) in [4.78, 5) is 29.0. The van der Waals surface area contributed by atoms with E-state index in [0.29, 0.717) is 36.8 Å². The van der Waals surface area contributed by atoms with Gasteiger partial charge in [-0.2, -0.15) is 0 Å². The molecule has 3 rings (SSSR count). The molecule has 0 aromatic heterocycles. The molecular formula is C18H23ClN2O2. The summed E-state index contributed by atoms with van der Waals surface area (Å²) in [6.45, 7) is 4.52. The summed E-state index contributed by atoms with van der Waals surface area (Å²) in [7, 11) is 0. The van der Waals surface area contributed by atoms with Crippen LogP contribution in [0.5, 0.6) is 0 Å². The lowest BCUT2D eigenvalue weighted by atomic mass is 9.87. The van der Waals surface area contributed by atoms with Crippen LogP contribution < -0.4 is 0 Å². The maximum atomic E-state index is 12.7. The SMILES string of the molecule is CC1(C(=O)N2CCN(C(=O)c3cccc(Cl)c3)CC2)CCCC1. The number of hydrogen-bond donors (Lipinski definition) is 0. The van der Waals surface area contributed by atoms with Gasteiger partial charge >= 0.3 is 0 Å². The Morgan fingerprint density at radius 1 is 1.04 bits per heavy atom. The summed E-state index contributed by atoms with van der Waals surface area (Å²) in [5, 5.41) is 0.568. The van der Waals surface area contributed by atoms with Crippen molar-refractivity contribution >= 4 is 23.4 Å². The number of halogens is 1. The van der Waals surface area contributed by atoms with Gasteiger partial charge in [-0.25, -0.2) is 0 Å². The summed E-state index contributed by atoms with van der Waals surface area (Å²) in [6.07, 6.45) is 4.28. The number of carbonyl (C=O) groups is 2. The van der Waals surface area contributed by atoms with Crippen LogP contribution in [0, 0.1) is 5.41 Å². The summed E-state index contributed by atoms with van der Waals surface area (Å²) < 4.78 is 0. The van der Waals surface area contributed by atoms with E-state index in [1.807, 2.05) is 9.80 Å². The van der Waals surface area contributed by atoms with E-state index in [1.165, 1.54) is 0 Å². The zero-order valence-electron chi connectivity index (χ0n) is 13.6. The number of carbonyl (C=O) groups excluding carboxylic acids is 2. The van der Waals surface area contributed by atoms with E-state index in [2.05, 4.69) is 6.92 Å². The second-order valence-electron chi connectivity index (χ2n) is 6.86. The van der Waals surface area contributed by atoms with Crippen molar-refractivity contribution in [3.63, 3.8) is 0 Å². The average Bonchev–Trinajstić information content (AvgIpc) is 3.01. The van der Waals surface area contributed by atoms with Gasteiger partial charge < -0.3 is 9.80 Å². The van der Waals surface area contributed by atoms with Gasteiger partial charge in [-0.05, 0) is 31.0 Å². The molecule has 1 saturated carbocycles. The first kappa shape index (κ1) is 16.3. The van der Waals surface area contributed by atoms with E-state index < -0.39 is 0 Å². The lowest BCUT2D eigenvalue weighted by Gasteiger charge is -2.38. The molecule has 0 unspecified atom stereocenters. The summed E-state index contributed by atoms with van der Waals surface area (Å²) in [5.41, 5.74) is 0.430. The van der Waals surface area contributed by atoms with E-state index in [-0.39, 0.29) is 17.2 Å². The molecule has 1 aromatic carbocycles. The van der Waals surface area contributed by atoms with Crippen LogP contribution in [0.2, 0.25) is 5.02 Å². The van der Waals surface area contributed by atoms with Crippen LogP contribution in [0.1, 0.15) is 43.0 Å². The summed E-state index contributed by atoms with van der Waals surface area (Å²) >= 11 is 5.96. The Bertz CT molecular complexity index is 603. The number of rotatable bonds is 2. The molecule has 1 aliphatic heterocycles. The normalized spacial score (nSPS) is 20.6. The van der Waals surface area contributed by atoms with Gasteiger partial charge in [-0.1, -0.05) is 37.4 Å². The molecule has 124 valence electrons. The van der Waals surface area contributed by atoms with Gasteiger partial charge in [0.25, 0.3) is 5.91 Å². The molecule has 1 aromatic rings. The first-order chi connectivity index (χ1) is 11.0. The van der Waals surface area contributed by atoms with Crippen LogP contribution in [0.15, 0.2) is 24.3 Å². The Balaban J connectivity index is 1.60. The Hall–Kier alpha value is -1.55. The van der Waals surface area contributed by atoms with Crippen molar-refractivity contribution in [3.05, 3.63) is 34.9 Å². The largest absolute Gasteiger partial charge is 0.339 e. The molecule has 0 atom stereocenters. The number of nitrogens with zero attached hydrogens (tertiary/aromatic N) is 2. The van der Waals surface area contributed by atoms with Crippen LogP contribution in [0.3, 0.4) is 0 Å². The van der Waals surface area contributed by atoms with Crippen LogP contribution in [0.4, 0.5) is 0 Å². The third-order valence-corrected chi connectivity index (χ3v) is 5.38. The van der Waals surface area contributed by atoms with Crippen molar-refractivity contribution in [1.82, 2.24) is 9.80 Å². The molecular weight excluding hydrogens is 312 g/mol. The van der Waals surface area contributed by atoms with Gasteiger partial charge in [0.1, 0.15) is 0 Å². The highest BCUT2D eigenvalue weighted by atomic mass is 35.5. The Morgan fingerprint density at radius 2 is 1.65 bits per heavy atom. The molecule has 1 heterocycles. The second kappa shape index (κ2) is 6.52. The molecule has 23 heavy (non-hydrogen) atoms. The van der Waals surface area contributed by atoms with Crippen molar-refractivity contribution in [2.75, 3.05) is 26.2 Å². The summed E-state index contributed by atoms with van der Waals surface area (Å²) in [5.74, 6) is 0.261. The first-order valence-corrected chi connectivity index (χ1v) is 8.72. The van der Waals surface area contributed by atoms with Crippen molar-refractivity contribution in [2.24, 2.45) is 5.41 Å². The van der Waals surface area contributed by atoms with Gasteiger partial charge in [0.2, 0.25) is 5.91 Å². The summed E-state index contributed by atoms with van der Waals surface area (Å²) in [6, 6.07) is 7.03. The van der Waals surface area contributed by atoms with Gasteiger partial charge in [0.15, 0.2) is 0 Å². The predicted molar refractivity (Wildman–Crippen MR) is 90.5 cm³/mol. The second-order valence-corrected chi connectivity index (χ2v) is 7.30. The van der Waals surface area contributed by atoms with Gasteiger partial charge in [-0.15, -0.1) is 0 Å². The Labute approximate surface area is 142 Å². The van der Waals surface area contributed by atoms with Gasteiger partial charge in [-0.3, -0.25) is 9.59 Å². The van der Waals surface area contributed by atoms with E-state index in [4.69, 9.17) is 11.6 Å². The van der Waals surface area contributed by atoms with Crippen LogP contribution in [0.25, 0.3) is 0 Å². The van der Waals surface area contributed by atoms with Crippen LogP contribution in [-0.2, 0) is 4.79 Å². The minimum atomic E-state index is -0.181. The average molecular weight is 335 g/mol. The number of amides is 2. The highest BCUT2D eigenvalue weighted by Gasteiger charge is 2.40. The quantitative estimate of drug-likeness (QED) is 0.833. The minimum absolute atomic E-state index is 0.00771. The zero-order valence-corrected chi connectivity index (χ0v) is 14.3. The molecule has 1 saturated heterocycles. The first-order valence-electron chi connectivity index (χ1n) is 8.34. The molecule has 2 aliphatic rings. The van der Waals surface area contributed by atoms with Crippen molar-refractivity contribution in [2.45, 2.75) is 32.6 Å². The molecule has 1 aliphatic carbocycles. The smallest absolute Gasteiger partial charge is 0.254 e. The fourth-order valence-corrected chi connectivity index (χ4v) is 3.86. The molecule has 0 spiro atoms. The predicted octanol–water partition coefficient (Wildman–Crippen LogP) is 3.20. The maximum Gasteiger partial charge on any atom is 0.254 e. The lowest BCUT2D eigenvalue weighted by molar-refractivity contribution is -0.142. The maximum absolute atomic E-state index is 12.7. The van der Waals surface area contributed by atoms with E-state index >= 15 is 0 Å². The van der Waals surface area contributed by atoms with E-state index in [1.54, 1.807) is 24.3 Å². The molecule has 2 amide bonds. The minimum Gasteiger partial charge on any atom is -0.339 e. The zero-order chi connectivity index (χ0) is 16.4. The van der Waals surface area contributed by atoms with Crippen LogP contribution in [-0.4, -0.2) is 47.8 Å². The Kier molecular flexibility index (Phi) is 4.62. The highest BCUT2D eigenvalue weighted by molar-refractivity contribution is 6.30. The standard InChI is InChI=1S/C18H23ClN2O2/c1-18(7-2-3-8-18)17(23)21-11-9-20(10-12-21)16(22)14-5-4-6-15(19)13-14/h4-6,13H,2-3,7-12H2,1H3. The topological polar surface area (TPSA) is 40.6 Å². The molecule has 0 N–H and O–H groups in total. The molecule has 0 radical (unpaired) electrons. The highest BCUT2D eigenvalue weighted by Crippen LogP contribution is 2.39. The van der Waals surface area contributed by atoms with Crippen molar-refractivity contribution in [3.8, 4) is 0 Å². The molecule has 4 nitrogen and oxygen atoms in total. The fourth-order valence-electron chi connectivity index (χ4n) is 3.67. The third-order valence-electron chi connectivity index (χ3n) is 5.15. The Morgan fingerprint density at radius 3 is 2.26 bits per heavy atom. The van der Waals surface area contributed by atoms with E-state index in [0.717, 1.165) is 25.7 Å². The number of piperazine rings is 1. The third kappa shape index (κ3) is 3.37. The van der Waals surface area contributed by atoms with Gasteiger partial charge in [0.05, 0.1) is 0 Å². The number of hydrogen-bond acceptors (Lipinski definition) is 2. The molecule has 0 bridgehead atoms. The van der Waals surface area contributed by atoms with Crippen molar-refractivity contribution in [1.29, 1.82) is 0 Å². The lowest BCUT2D eigenvalue weighted by Crippen LogP contribution is -2.53. The van der Waals surface area contributed by atoms with E-state index in [9.17, 15) is 9.59 Å². The van der Waals surface area contributed by atoms with Crippen molar-refractivity contribution < 1.29 is 9.59 Å². The van der Waals surface area contributed by atoms with Gasteiger partial charge in [0, 0.05) is 42.2 Å². The fraction of sp³-hybridized carbons (Fsp3) is 0.556.